The molecule has 5 heteroatoms. The molecule has 5 aromatic rings. The van der Waals surface area contributed by atoms with E-state index in [0.29, 0.717) is 5.92 Å². The molecule has 2 heterocycles. The smallest absolute Gasteiger partial charge is 0.168 e. The van der Waals surface area contributed by atoms with Gasteiger partial charge in [-0.05, 0) is 29.7 Å². The van der Waals surface area contributed by atoms with E-state index in [2.05, 4.69) is 81.0 Å². The van der Waals surface area contributed by atoms with Gasteiger partial charge < -0.3 is 5.32 Å². The lowest BCUT2D eigenvalue weighted by atomic mass is 9.88. The van der Waals surface area contributed by atoms with Gasteiger partial charge in [-0.3, -0.25) is 0 Å². The molecule has 0 aliphatic carbocycles. The molecule has 152 valence electrons. The normalized spacial score (nSPS) is 11.1. The fraction of sp³-hybridized carbons (Fsp3) is 0.115. The number of nitrogens with one attached hydrogen (secondary N) is 1. The monoisotopic (exact) mass is 405 g/mol. The first-order valence-electron chi connectivity index (χ1n) is 10.5. The zero-order valence-electron chi connectivity index (χ0n) is 17.1. The molecular weight excluding hydrogens is 382 g/mol. The van der Waals surface area contributed by atoms with Crippen LogP contribution in [0.1, 0.15) is 23.5 Å². The summed E-state index contributed by atoms with van der Waals surface area (Å²) in [5.41, 5.74) is 4.42. The fourth-order valence-corrected chi connectivity index (χ4v) is 3.97. The third-order valence-corrected chi connectivity index (χ3v) is 5.50. The van der Waals surface area contributed by atoms with Crippen LogP contribution in [0.5, 0.6) is 0 Å². The number of nitrogens with zero attached hydrogens (tertiary/aromatic N) is 4. The van der Waals surface area contributed by atoms with Crippen LogP contribution >= 0.6 is 0 Å². The number of aromatic nitrogens is 4. The Hall–Kier alpha value is -3.99. The van der Waals surface area contributed by atoms with Crippen LogP contribution in [0, 0.1) is 0 Å². The third-order valence-electron chi connectivity index (χ3n) is 5.50. The minimum Gasteiger partial charge on any atom is -0.369 e. The first kappa shape index (κ1) is 19.0. The van der Waals surface area contributed by atoms with Crippen molar-refractivity contribution in [2.45, 2.75) is 12.3 Å². The fourth-order valence-electron chi connectivity index (χ4n) is 3.97. The van der Waals surface area contributed by atoms with E-state index in [9.17, 15) is 0 Å². The average molecular weight is 406 g/mol. The van der Waals surface area contributed by atoms with E-state index in [0.717, 1.165) is 35.5 Å². The van der Waals surface area contributed by atoms with E-state index in [1.807, 2.05) is 41.2 Å². The van der Waals surface area contributed by atoms with Crippen LogP contribution in [-0.4, -0.2) is 26.3 Å². The molecule has 3 aromatic carbocycles. The number of fused-ring (bicyclic) bond motifs is 1. The number of rotatable bonds is 7. The Morgan fingerprint density at radius 1 is 0.742 bits per heavy atom. The average Bonchev–Trinajstić information content (AvgIpc) is 3.29. The maximum absolute atomic E-state index is 4.54. The minimum atomic E-state index is 0.319. The Morgan fingerprint density at radius 3 is 2.00 bits per heavy atom. The summed E-state index contributed by atoms with van der Waals surface area (Å²) < 4.78 is 1.85. The molecule has 2 aromatic heterocycles. The SMILES string of the molecule is c1ccc(C(CCNc2ncnc3c2cnn3-c2ccccc2)c2ccccc2)cc1. The highest BCUT2D eigenvalue weighted by molar-refractivity contribution is 5.87. The quantitative estimate of drug-likeness (QED) is 0.391. The molecule has 0 aliphatic rings. The summed E-state index contributed by atoms with van der Waals surface area (Å²) in [7, 11) is 0. The first-order chi connectivity index (χ1) is 15.4. The summed E-state index contributed by atoms with van der Waals surface area (Å²) in [6, 6.07) is 31.4. The Labute approximate surface area is 181 Å². The highest BCUT2D eigenvalue weighted by atomic mass is 15.3. The standard InChI is InChI=1S/C26H23N5/c1-4-10-20(11-5-1)23(21-12-6-2-7-13-21)16-17-27-25-24-18-30-31(26(24)29-19-28-25)22-14-8-3-9-15-22/h1-15,18-19,23H,16-17H2,(H,27,28,29). The van der Waals surface area contributed by atoms with E-state index in [4.69, 9.17) is 0 Å². The van der Waals surface area contributed by atoms with Crippen molar-refractivity contribution in [3.8, 4) is 5.69 Å². The second-order valence-corrected chi connectivity index (χ2v) is 7.44. The van der Waals surface area contributed by atoms with Crippen molar-refractivity contribution < 1.29 is 0 Å². The maximum Gasteiger partial charge on any atom is 0.168 e. The van der Waals surface area contributed by atoms with Gasteiger partial charge in [0.15, 0.2) is 5.65 Å². The largest absolute Gasteiger partial charge is 0.369 e. The van der Waals surface area contributed by atoms with Crippen LogP contribution in [0.25, 0.3) is 16.7 Å². The number of anilines is 1. The van der Waals surface area contributed by atoms with Crippen LogP contribution in [0.4, 0.5) is 5.82 Å². The lowest BCUT2D eigenvalue weighted by molar-refractivity contribution is 0.743. The summed E-state index contributed by atoms with van der Waals surface area (Å²) in [6.07, 6.45) is 4.38. The van der Waals surface area contributed by atoms with Crippen molar-refractivity contribution in [2.24, 2.45) is 0 Å². The van der Waals surface area contributed by atoms with Crippen LogP contribution < -0.4 is 5.32 Å². The molecule has 0 amide bonds. The van der Waals surface area contributed by atoms with E-state index in [1.54, 1.807) is 6.33 Å². The summed E-state index contributed by atoms with van der Waals surface area (Å²) in [5, 5.41) is 8.98. The molecule has 0 radical (unpaired) electrons. The second-order valence-electron chi connectivity index (χ2n) is 7.44. The van der Waals surface area contributed by atoms with Crippen molar-refractivity contribution >= 4 is 16.9 Å². The third kappa shape index (κ3) is 4.03. The summed E-state index contributed by atoms with van der Waals surface area (Å²) in [5.74, 6) is 1.13. The number of hydrogen-bond donors (Lipinski definition) is 1. The molecule has 31 heavy (non-hydrogen) atoms. The topological polar surface area (TPSA) is 55.6 Å². The van der Waals surface area contributed by atoms with Crippen molar-refractivity contribution in [1.29, 1.82) is 0 Å². The molecule has 0 saturated carbocycles. The van der Waals surface area contributed by atoms with Gasteiger partial charge in [-0.15, -0.1) is 0 Å². The van der Waals surface area contributed by atoms with Gasteiger partial charge in [0.1, 0.15) is 12.1 Å². The second kappa shape index (κ2) is 8.79. The van der Waals surface area contributed by atoms with Crippen molar-refractivity contribution in [1.82, 2.24) is 19.7 Å². The van der Waals surface area contributed by atoms with Gasteiger partial charge in [-0.2, -0.15) is 5.10 Å². The molecule has 0 atom stereocenters. The molecule has 0 bridgehead atoms. The molecule has 0 spiro atoms. The number of benzene rings is 3. The molecule has 5 rings (SSSR count). The zero-order valence-corrected chi connectivity index (χ0v) is 17.1. The highest BCUT2D eigenvalue weighted by Gasteiger charge is 2.15. The zero-order chi connectivity index (χ0) is 20.9. The predicted molar refractivity (Wildman–Crippen MR) is 124 cm³/mol. The summed E-state index contributed by atoms with van der Waals surface area (Å²) in [6.45, 7) is 0.789. The van der Waals surface area contributed by atoms with Gasteiger partial charge in [0, 0.05) is 12.5 Å². The van der Waals surface area contributed by atoms with Gasteiger partial charge in [0.05, 0.1) is 17.3 Å². The van der Waals surface area contributed by atoms with Crippen LogP contribution in [-0.2, 0) is 0 Å². The summed E-state index contributed by atoms with van der Waals surface area (Å²) in [4.78, 5) is 8.95. The molecule has 5 nitrogen and oxygen atoms in total. The van der Waals surface area contributed by atoms with E-state index in [1.165, 1.54) is 11.1 Å². The van der Waals surface area contributed by atoms with Gasteiger partial charge in [0.2, 0.25) is 0 Å². The van der Waals surface area contributed by atoms with Gasteiger partial charge >= 0.3 is 0 Å². The van der Waals surface area contributed by atoms with Gasteiger partial charge in [-0.25, -0.2) is 14.6 Å². The Balaban J connectivity index is 1.37. The molecule has 1 N–H and O–H groups in total. The van der Waals surface area contributed by atoms with Crippen LogP contribution in [0.3, 0.4) is 0 Å². The van der Waals surface area contributed by atoms with Gasteiger partial charge in [0.25, 0.3) is 0 Å². The Bertz CT molecular complexity index is 1210. The van der Waals surface area contributed by atoms with Crippen molar-refractivity contribution in [3.63, 3.8) is 0 Å². The van der Waals surface area contributed by atoms with Gasteiger partial charge in [-0.1, -0.05) is 78.9 Å². The number of hydrogen-bond acceptors (Lipinski definition) is 4. The molecule has 0 aliphatic heterocycles. The highest BCUT2D eigenvalue weighted by Crippen LogP contribution is 2.28. The van der Waals surface area contributed by atoms with E-state index in [-0.39, 0.29) is 0 Å². The van der Waals surface area contributed by atoms with E-state index < -0.39 is 0 Å². The predicted octanol–water partition coefficient (Wildman–Crippen LogP) is 5.45. The first-order valence-corrected chi connectivity index (χ1v) is 10.5. The Kier molecular flexibility index (Phi) is 5.39. The van der Waals surface area contributed by atoms with E-state index >= 15 is 0 Å². The lowest BCUT2D eigenvalue weighted by Crippen LogP contribution is -2.10. The lowest BCUT2D eigenvalue weighted by Gasteiger charge is -2.18. The summed E-state index contributed by atoms with van der Waals surface area (Å²) >= 11 is 0. The minimum absolute atomic E-state index is 0.319. The van der Waals surface area contributed by atoms with Crippen molar-refractivity contribution in [3.05, 3.63) is 115 Å². The van der Waals surface area contributed by atoms with Crippen molar-refractivity contribution in [2.75, 3.05) is 11.9 Å². The molecular formula is C26H23N5. The molecule has 0 saturated heterocycles. The molecule has 0 fully saturated rings. The maximum atomic E-state index is 4.54. The van der Waals surface area contributed by atoms with Crippen LogP contribution in [0.2, 0.25) is 0 Å². The number of para-hydroxylation sites is 1. The van der Waals surface area contributed by atoms with Crippen LogP contribution in [0.15, 0.2) is 104 Å². The Morgan fingerprint density at radius 2 is 1.35 bits per heavy atom. The molecule has 0 unspecified atom stereocenters.